The smallest absolute Gasteiger partial charge is 0.253 e. The first-order valence-corrected chi connectivity index (χ1v) is 6.66. The summed E-state index contributed by atoms with van der Waals surface area (Å²) in [6, 6.07) is 7.80. The Balaban J connectivity index is 2.02. The summed E-state index contributed by atoms with van der Waals surface area (Å²) in [7, 11) is 0. The number of aryl methyl sites for hydroxylation is 1. The molecule has 17 heavy (non-hydrogen) atoms. The maximum absolute atomic E-state index is 12.2. The Morgan fingerprint density at radius 2 is 2.35 bits per heavy atom. The third kappa shape index (κ3) is 3.01. The summed E-state index contributed by atoms with van der Waals surface area (Å²) in [6.45, 7) is 3.74. The second kappa shape index (κ2) is 5.54. The minimum Gasteiger partial charge on any atom is -0.338 e. The lowest BCUT2D eigenvalue weighted by Crippen LogP contribution is -2.28. The molecule has 0 spiro atoms. The van der Waals surface area contributed by atoms with Crippen molar-refractivity contribution in [1.29, 1.82) is 0 Å². The Hall–Kier alpha value is -1.02. The first-order chi connectivity index (χ1) is 8.20. The fraction of sp³-hybridized carbons (Fsp3) is 0.500. The number of hydrogen-bond donors (Lipinski definition) is 0. The summed E-state index contributed by atoms with van der Waals surface area (Å²) in [6.07, 6.45) is 2.10. The molecule has 1 aliphatic rings. The van der Waals surface area contributed by atoms with Crippen molar-refractivity contribution in [2.75, 3.05) is 19.0 Å². The van der Waals surface area contributed by atoms with Gasteiger partial charge < -0.3 is 4.90 Å². The number of halogens is 1. The van der Waals surface area contributed by atoms with Crippen LogP contribution in [-0.2, 0) is 0 Å². The van der Waals surface area contributed by atoms with E-state index in [-0.39, 0.29) is 5.91 Å². The largest absolute Gasteiger partial charge is 0.338 e. The molecule has 1 aliphatic heterocycles. The van der Waals surface area contributed by atoms with Crippen LogP contribution in [0.2, 0.25) is 0 Å². The first kappa shape index (κ1) is 12.4. The van der Waals surface area contributed by atoms with Gasteiger partial charge in [-0.2, -0.15) is 0 Å². The SMILES string of the molecule is Cc1cccc(C(=O)N2CCC(CCCl)C2)c1. The van der Waals surface area contributed by atoms with Crippen molar-refractivity contribution in [3.8, 4) is 0 Å². The van der Waals surface area contributed by atoms with Gasteiger partial charge in [0.2, 0.25) is 0 Å². The van der Waals surface area contributed by atoms with E-state index < -0.39 is 0 Å². The van der Waals surface area contributed by atoms with E-state index in [1.165, 1.54) is 0 Å². The predicted octanol–water partition coefficient (Wildman–Crippen LogP) is 3.09. The Bertz CT molecular complexity index is 405. The molecule has 2 rings (SSSR count). The summed E-state index contributed by atoms with van der Waals surface area (Å²) in [5.41, 5.74) is 1.93. The number of nitrogens with zero attached hydrogens (tertiary/aromatic N) is 1. The van der Waals surface area contributed by atoms with Gasteiger partial charge >= 0.3 is 0 Å². The number of likely N-dealkylation sites (tertiary alicyclic amines) is 1. The second-order valence-corrected chi connectivity index (χ2v) is 5.13. The van der Waals surface area contributed by atoms with Crippen LogP contribution in [0.1, 0.15) is 28.8 Å². The molecular weight excluding hydrogens is 234 g/mol. The van der Waals surface area contributed by atoms with E-state index in [1.807, 2.05) is 36.1 Å². The molecule has 0 radical (unpaired) electrons. The maximum Gasteiger partial charge on any atom is 0.253 e. The molecule has 1 heterocycles. The van der Waals surface area contributed by atoms with Gasteiger partial charge in [0, 0.05) is 24.5 Å². The average molecular weight is 252 g/mol. The lowest BCUT2D eigenvalue weighted by Gasteiger charge is -2.16. The molecular formula is C14H18ClNO. The number of carbonyl (C=O) groups excluding carboxylic acids is 1. The first-order valence-electron chi connectivity index (χ1n) is 6.12. The van der Waals surface area contributed by atoms with Crippen molar-refractivity contribution in [1.82, 2.24) is 4.90 Å². The lowest BCUT2D eigenvalue weighted by atomic mass is 10.1. The number of rotatable bonds is 3. The number of benzene rings is 1. The van der Waals surface area contributed by atoms with E-state index in [2.05, 4.69) is 0 Å². The van der Waals surface area contributed by atoms with Crippen LogP contribution in [0, 0.1) is 12.8 Å². The molecule has 0 bridgehead atoms. The van der Waals surface area contributed by atoms with Gasteiger partial charge in [-0.3, -0.25) is 4.79 Å². The van der Waals surface area contributed by atoms with E-state index in [9.17, 15) is 4.79 Å². The molecule has 1 aromatic rings. The number of amides is 1. The molecule has 3 heteroatoms. The molecule has 0 N–H and O–H groups in total. The highest BCUT2D eigenvalue weighted by atomic mass is 35.5. The minimum atomic E-state index is 0.158. The van der Waals surface area contributed by atoms with Crippen LogP contribution in [0.4, 0.5) is 0 Å². The molecule has 1 aromatic carbocycles. The van der Waals surface area contributed by atoms with Crippen molar-refractivity contribution in [2.24, 2.45) is 5.92 Å². The highest BCUT2D eigenvalue weighted by molar-refractivity contribution is 6.17. The van der Waals surface area contributed by atoms with Crippen molar-refractivity contribution < 1.29 is 4.79 Å². The Labute approximate surface area is 108 Å². The summed E-state index contributed by atoms with van der Waals surface area (Å²) < 4.78 is 0. The van der Waals surface area contributed by atoms with Crippen LogP contribution in [-0.4, -0.2) is 29.8 Å². The highest BCUT2D eigenvalue weighted by Gasteiger charge is 2.26. The van der Waals surface area contributed by atoms with Gasteiger partial charge in [-0.05, 0) is 37.8 Å². The fourth-order valence-corrected chi connectivity index (χ4v) is 2.68. The zero-order valence-electron chi connectivity index (χ0n) is 10.2. The van der Waals surface area contributed by atoms with Crippen molar-refractivity contribution in [3.05, 3.63) is 35.4 Å². The van der Waals surface area contributed by atoms with Gasteiger partial charge in [-0.15, -0.1) is 11.6 Å². The summed E-state index contributed by atoms with van der Waals surface area (Å²) in [5.74, 6) is 1.43. The fourth-order valence-electron chi connectivity index (χ4n) is 2.37. The van der Waals surface area contributed by atoms with Crippen molar-refractivity contribution in [3.63, 3.8) is 0 Å². The highest BCUT2D eigenvalue weighted by Crippen LogP contribution is 2.22. The standard InChI is InChI=1S/C14H18ClNO/c1-11-3-2-4-13(9-11)14(17)16-8-6-12(10-16)5-7-15/h2-4,9,12H,5-8,10H2,1H3. The van der Waals surface area contributed by atoms with Gasteiger partial charge in [-0.1, -0.05) is 17.7 Å². The summed E-state index contributed by atoms with van der Waals surface area (Å²) in [5, 5.41) is 0. The van der Waals surface area contributed by atoms with Crippen LogP contribution in [0.15, 0.2) is 24.3 Å². The zero-order valence-corrected chi connectivity index (χ0v) is 10.9. The molecule has 1 amide bonds. The number of alkyl halides is 1. The van der Waals surface area contributed by atoms with E-state index in [4.69, 9.17) is 11.6 Å². The lowest BCUT2D eigenvalue weighted by molar-refractivity contribution is 0.0787. The number of carbonyl (C=O) groups is 1. The van der Waals surface area contributed by atoms with Crippen LogP contribution >= 0.6 is 11.6 Å². The van der Waals surface area contributed by atoms with Crippen LogP contribution in [0.25, 0.3) is 0 Å². The van der Waals surface area contributed by atoms with E-state index in [0.717, 1.165) is 37.1 Å². The molecule has 2 nitrogen and oxygen atoms in total. The van der Waals surface area contributed by atoms with E-state index in [1.54, 1.807) is 0 Å². The third-order valence-corrected chi connectivity index (χ3v) is 3.57. The Morgan fingerprint density at radius 1 is 1.53 bits per heavy atom. The van der Waals surface area contributed by atoms with Gasteiger partial charge in [-0.25, -0.2) is 0 Å². The summed E-state index contributed by atoms with van der Waals surface area (Å²) in [4.78, 5) is 14.2. The average Bonchev–Trinajstić information content (AvgIpc) is 2.77. The van der Waals surface area contributed by atoms with Crippen LogP contribution in [0.3, 0.4) is 0 Å². The van der Waals surface area contributed by atoms with E-state index in [0.29, 0.717) is 11.8 Å². The molecule has 0 aromatic heterocycles. The molecule has 1 atom stereocenters. The monoisotopic (exact) mass is 251 g/mol. The number of hydrogen-bond acceptors (Lipinski definition) is 1. The van der Waals surface area contributed by atoms with Crippen LogP contribution in [0.5, 0.6) is 0 Å². The minimum absolute atomic E-state index is 0.158. The van der Waals surface area contributed by atoms with Gasteiger partial charge in [0.1, 0.15) is 0 Å². The topological polar surface area (TPSA) is 20.3 Å². The molecule has 0 aliphatic carbocycles. The van der Waals surface area contributed by atoms with Gasteiger partial charge in [0.25, 0.3) is 5.91 Å². The van der Waals surface area contributed by atoms with Gasteiger partial charge in [0.05, 0.1) is 0 Å². The van der Waals surface area contributed by atoms with E-state index >= 15 is 0 Å². The molecule has 1 fully saturated rings. The van der Waals surface area contributed by atoms with Crippen molar-refractivity contribution >= 4 is 17.5 Å². The van der Waals surface area contributed by atoms with Gasteiger partial charge in [0.15, 0.2) is 0 Å². The third-order valence-electron chi connectivity index (χ3n) is 3.36. The Kier molecular flexibility index (Phi) is 4.06. The molecule has 92 valence electrons. The second-order valence-electron chi connectivity index (χ2n) is 4.75. The molecule has 1 saturated heterocycles. The molecule has 0 saturated carbocycles. The summed E-state index contributed by atoms with van der Waals surface area (Å²) >= 11 is 5.74. The zero-order chi connectivity index (χ0) is 12.3. The quantitative estimate of drug-likeness (QED) is 0.756. The van der Waals surface area contributed by atoms with Crippen molar-refractivity contribution in [2.45, 2.75) is 19.8 Å². The normalized spacial score (nSPS) is 19.6. The predicted molar refractivity (Wildman–Crippen MR) is 70.5 cm³/mol. The molecule has 1 unspecified atom stereocenters. The maximum atomic E-state index is 12.2. The Morgan fingerprint density at radius 3 is 3.06 bits per heavy atom. The van der Waals surface area contributed by atoms with Crippen LogP contribution < -0.4 is 0 Å².